The fraction of sp³-hybridized carbons (Fsp3) is 0.500. The third-order valence-electron chi connectivity index (χ3n) is 2.81. The second-order valence-electron chi connectivity index (χ2n) is 4.56. The van der Waals surface area contributed by atoms with Gasteiger partial charge in [0.15, 0.2) is 0 Å². The molecule has 0 aliphatic heterocycles. The highest BCUT2D eigenvalue weighted by Crippen LogP contribution is 2.20. The minimum absolute atomic E-state index is 0.0629. The molecule has 0 radical (unpaired) electrons. The fourth-order valence-electron chi connectivity index (χ4n) is 1.75. The number of rotatable bonds is 7. The summed E-state index contributed by atoms with van der Waals surface area (Å²) in [6, 6.07) is 4.74. The minimum Gasteiger partial charge on any atom is -0.318 e. The van der Waals surface area contributed by atoms with Gasteiger partial charge in [0.2, 0.25) is 10.0 Å². The number of nitrogens with one attached hydrogen (secondary N) is 1. The molecular weight excluding hydrogens is 282 g/mol. The molecule has 8 heteroatoms. The van der Waals surface area contributed by atoms with E-state index < -0.39 is 14.9 Å². The predicted octanol–water partition coefficient (Wildman–Crippen LogP) is 1.21. The number of nitro benzene ring substituents is 1. The molecule has 0 aliphatic carbocycles. The normalized spacial score (nSPS) is 12.1. The summed E-state index contributed by atoms with van der Waals surface area (Å²) in [6.45, 7) is 4.45. The van der Waals surface area contributed by atoms with Crippen LogP contribution in [-0.4, -0.2) is 43.8 Å². The molecular formula is C12H19N3O4S. The Labute approximate surface area is 118 Å². The summed E-state index contributed by atoms with van der Waals surface area (Å²) in [6.07, 6.45) is 0. The summed E-state index contributed by atoms with van der Waals surface area (Å²) in [5.41, 5.74) is -0.129. The second-order valence-corrected chi connectivity index (χ2v) is 6.45. The van der Waals surface area contributed by atoms with E-state index in [1.54, 1.807) is 20.9 Å². The summed E-state index contributed by atoms with van der Waals surface area (Å²) < 4.78 is 26.3. The Morgan fingerprint density at radius 1 is 1.30 bits per heavy atom. The van der Waals surface area contributed by atoms with Gasteiger partial charge in [0.25, 0.3) is 5.69 Å². The second kappa shape index (κ2) is 6.78. The number of likely N-dealkylation sites (N-methyl/N-ethyl adjacent to an activating group) is 1. The number of benzene rings is 1. The third-order valence-corrected chi connectivity index (χ3v) is 4.90. The molecule has 0 amide bonds. The molecule has 7 nitrogen and oxygen atoms in total. The molecule has 0 bridgehead atoms. The highest BCUT2D eigenvalue weighted by atomic mass is 32.2. The molecule has 1 aromatic rings. The molecule has 0 unspecified atom stereocenters. The molecule has 1 N–H and O–H groups in total. The molecule has 0 spiro atoms. The molecule has 20 heavy (non-hydrogen) atoms. The van der Waals surface area contributed by atoms with Crippen molar-refractivity contribution in [3.05, 3.63) is 34.4 Å². The average molecular weight is 301 g/mol. The van der Waals surface area contributed by atoms with E-state index in [0.29, 0.717) is 13.1 Å². The smallest absolute Gasteiger partial charge is 0.269 e. The SMILES string of the molecule is CNCCN(C(C)C)S(=O)(=O)c1ccc([N+](=O)[O-])cc1. The van der Waals surface area contributed by atoms with Gasteiger partial charge < -0.3 is 5.32 Å². The lowest BCUT2D eigenvalue weighted by molar-refractivity contribution is -0.384. The van der Waals surface area contributed by atoms with Crippen molar-refractivity contribution < 1.29 is 13.3 Å². The van der Waals surface area contributed by atoms with Crippen LogP contribution in [0.5, 0.6) is 0 Å². The maximum atomic E-state index is 12.5. The van der Waals surface area contributed by atoms with Crippen LogP contribution in [0, 0.1) is 10.1 Å². The van der Waals surface area contributed by atoms with E-state index in [9.17, 15) is 18.5 Å². The maximum Gasteiger partial charge on any atom is 0.269 e. The first-order chi connectivity index (χ1) is 9.30. The molecule has 0 saturated heterocycles. The Balaban J connectivity index is 3.09. The summed E-state index contributed by atoms with van der Waals surface area (Å²) in [4.78, 5) is 10.1. The molecule has 112 valence electrons. The molecule has 0 aromatic heterocycles. The summed E-state index contributed by atoms with van der Waals surface area (Å²) in [5, 5.41) is 13.5. The fourth-order valence-corrected chi connectivity index (χ4v) is 3.39. The minimum atomic E-state index is -3.64. The Hall–Kier alpha value is -1.51. The zero-order valence-electron chi connectivity index (χ0n) is 11.7. The largest absolute Gasteiger partial charge is 0.318 e. The van der Waals surface area contributed by atoms with Crippen molar-refractivity contribution in [1.29, 1.82) is 0 Å². The molecule has 0 fully saturated rings. The summed E-state index contributed by atoms with van der Waals surface area (Å²) in [5.74, 6) is 0. The van der Waals surface area contributed by atoms with E-state index in [1.807, 2.05) is 0 Å². The number of sulfonamides is 1. The van der Waals surface area contributed by atoms with Crippen LogP contribution in [0.25, 0.3) is 0 Å². The van der Waals surface area contributed by atoms with Gasteiger partial charge in [-0.2, -0.15) is 4.31 Å². The number of nitro groups is 1. The van der Waals surface area contributed by atoms with E-state index in [-0.39, 0.29) is 16.6 Å². The van der Waals surface area contributed by atoms with Crippen LogP contribution < -0.4 is 5.32 Å². The average Bonchev–Trinajstić information content (AvgIpc) is 2.38. The quantitative estimate of drug-likeness (QED) is 0.603. The third kappa shape index (κ3) is 3.75. The first kappa shape index (κ1) is 16.5. The van der Waals surface area contributed by atoms with Gasteiger partial charge in [-0.25, -0.2) is 8.42 Å². The van der Waals surface area contributed by atoms with Gasteiger partial charge in [-0.3, -0.25) is 10.1 Å². The van der Waals surface area contributed by atoms with Gasteiger partial charge in [0, 0.05) is 31.3 Å². The number of non-ortho nitro benzene ring substituents is 1. The standard InChI is InChI=1S/C12H19N3O4S/c1-10(2)14(9-8-13-3)20(18,19)12-6-4-11(5-7-12)15(16)17/h4-7,10,13H,8-9H2,1-3H3. The van der Waals surface area contributed by atoms with Crippen molar-refractivity contribution in [2.75, 3.05) is 20.1 Å². The van der Waals surface area contributed by atoms with Gasteiger partial charge in [0.05, 0.1) is 9.82 Å². The Bertz CT molecular complexity index is 555. The van der Waals surface area contributed by atoms with Crippen LogP contribution in [0.1, 0.15) is 13.8 Å². The van der Waals surface area contributed by atoms with E-state index >= 15 is 0 Å². The maximum absolute atomic E-state index is 12.5. The number of hydrogen-bond donors (Lipinski definition) is 1. The van der Waals surface area contributed by atoms with E-state index in [2.05, 4.69) is 5.32 Å². The van der Waals surface area contributed by atoms with Gasteiger partial charge in [-0.1, -0.05) is 0 Å². The van der Waals surface area contributed by atoms with Crippen molar-refractivity contribution in [3.8, 4) is 0 Å². The monoisotopic (exact) mass is 301 g/mol. The first-order valence-corrected chi connectivity index (χ1v) is 7.65. The van der Waals surface area contributed by atoms with E-state index in [1.165, 1.54) is 28.6 Å². The van der Waals surface area contributed by atoms with E-state index in [4.69, 9.17) is 0 Å². The zero-order chi connectivity index (χ0) is 15.3. The van der Waals surface area contributed by atoms with Gasteiger partial charge in [-0.15, -0.1) is 0 Å². The highest BCUT2D eigenvalue weighted by molar-refractivity contribution is 7.89. The molecule has 0 atom stereocenters. The van der Waals surface area contributed by atoms with Crippen LogP contribution in [0.2, 0.25) is 0 Å². The van der Waals surface area contributed by atoms with Crippen molar-refractivity contribution >= 4 is 15.7 Å². The van der Waals surface area contributed by atoms with Crippen molar-refractivity contribution in [2.24, 2.45) is 0 Å². The lowest BCUT2D eigenvalue weighted by Crippen LogP contribution is -2.40. The molecule has 1 aromatic carbocycles. The summed E-state index contributed by atoms with van der Waals surface area (Å²) in [7, 11) is -1.90. The van der Waals surface area contributed by atoms with Crippen LogP contribution in [-0.2, 0) is 10.0 Å². The molecule has 0 saturated carbocycles. The van der Waals surface area contributed by atoms with Crippen LogP contribution >= 0.6 is 0 Å². The lowest BCUT2D eigenvalue weighted by Gasteiger charge is -2.25. The Morgan fingerprint density at radius 3 is 2.25 bits per heavy atom. The number of nitrogens with zero attached hydrogens (tertiary/aromatic N) is 2. The van der Waals surface area contributed by atoms with Crippen LogP contribution in [0.4, 0.5) is 5.69 Å². The first-order valence-electron chi connectivity index (χ1n) is 6.21. The zero-order valence-corrected chi connectivity index (χ0v) is 12.6. The highest BCUT2D eigenvalue weighted by Gasteiger charge is 2.26. The Kier molecular flexibility index (Phi) is 5.61. The van der Waals surface area contributed by atoms with Gasteiger partial charge in [0.1, 0.15) is 0 Å². The molecule has 0 aliphatic rings. The topological polar surface area (TPSA) is 92.6 Å². The molecule has 1 rings (SSSR count). The molecule has 0 heterocycles. The van der Waals surface area contributed by atoms with Crippen molar-refractivity contribution in [1.82, 2.24) is 9.62 Å². The Morgan fingerprint density at radius 2 is 1.85 bits per heavy atom. The van der Waals surface area contributed by atoms with Gasteiger partial charge >= 0.3 is 0 Å². The van der Waals surface area contributed by atoms with E-state index in [0.717, 1.165) is 0 Å². The van der Waals surface area contributed by atoms with Crippen molar-refractivity contribution in [2.45, 2.75) is 24.8 Å². The van der Waals surface area contributed by atoms with Crippen molar-refractivity contribution in [3.63, 3.8) is 0 Å². The van der Waals surface area contributed by atoms with Crippen LogP contribution in [0.3, 0.4) is 0 Å². The van der Waals surface area contributed by atoms with Crippen LogP contribution in [0.15, 0.2) is 29.2 Å². The van der Waals surface area contributed by atoms with Gasteiger partial charge in [-0.05, 0) is 33.0 Å². The number of hydrogen-bond acceptors (Lipinski definition) is 5. The summed E-state index contributed by atoms with van der Waals surface area (Å²) >= 11 is 0. The lowest BCUT2D eigenvalue weighted by atomic mass is 10.3. The predicted molar refractivity (Wildman–Crippen MR) is 76.1 cm³/mol.